The molecule has 3 rings (SSSR count). The van der Waals surface area contributed by atoms with E-state index in [4.69, 9.17) is 9.47 Å². The fourth-order valence-electron chi connectivity index (χ4n) is 2.58. The molecule has 1 aromatic carbocycles. The van der Waals surface area contributed by atoms with Crippen molar-refractivity contribution in [2.45, 2.75) is 39.5 Å². The van der Waals surface area contributed by atoms with Crippen LogP contribution in [0.2, 0.25) is 0 Å². The Balaban J connectivity index is 1.79. The second-order valence-electron chi connectivity index (χ2n) is 6.59. The van der Waals surface area contributed by atoms with Gasteiger partial charge in [-0.25, -0.2) is 4.79 Å². The zero-order chi connectivity index (χ0) is 16.6. The first-order valence-corrected chi connectivity index (χ1v) is 7.56. The number of benzene rings is 1. The Morgan fingerprint density at radius 1 is 1.22 bits per heavy atom. The number of aromatic amines is 1. The largest absolute Gasteiger partial charge is 0.497 e. The van der Waals surface area contributed by atoms with Crippen molar-refractivity contribution in [2.24, 2.45) is 0 Å². The highest BCUT2D eigenvalue weighted by Crippen LogP contribution is 2.32. The van der Waals surface area contributed by atoms with Crippen LogP contribution in [-0.4, -0.2) is 33.9 Å². The molecule has 0 bridgehead atoms. The zero-order valence-corrected chi connectivity index (χ0v) is 13.8. The van der Waals surface area contributed by atoms with Crippen LogP contribution in [0.25, 0.3) is 11.3 Å². The number of carbonyl (C=O) groups is 1. The number of H-pyrrole nitrogens is 1. The number of fused-ring (bicyclic) bond motifs is 1. The quantitative estimate of drug-likeness (QED) is 0.923. The first kappa shape index (κ1) is 15.4. The third-order valence-corrected chi connectivity index (χ3v) is 3.67. The molecule has 1 aromatic heterocycles. The van der Waals surface area contributed by atoms with E-state index in [9.17, 15) is 4.79 Å². The molecule has 23 heavy (non-hydrogen) atoms. The van der Waals surface area contributed by atoms with Gasteiger partial charge in [0, 0.05) is 11.1 Å². The maximum absolute atomic E-state index is 12.2. The van der Waals surface area contributed by atoms with Gasteiger partial charge in [-0.15, -0.1) is 0 Å². The van der Waals surface area contributed by atoms with Gasteiger partial charge in [-0.3, -0.25) is 10.00 Å². The fourth-order valence-corrected chi connectivity index (χ4v) is 2.58. The number of rotatable bonds is 2. The van der Waals surface area contributed by atoms with E-state index in [1.54, 1.807) is 12.0 Å². The normalized spacial score (nSPS) is 13.8. The van der Waals surface area contributed by atoms with Crippen LogP contribution >= 0.6 is 0 Å². The summed E-state index contributed by atoms with van der Waals surface area (Å²) in [5.74, 6) is 0.806. The molecular weight excluding hydrogens is 294 g/mol. The van der Waals surface area contributed by atoms with E-state index in [1.807, 2.05) is 45.0 Å². The van der Waals surface area contributed by atoms with Gasteiger partial charge < -0.3 is 9.47 Å². The summed E-state index contributed by atoms with van der Waals surface area (Å²) in [7, 11) is 1.64. The van der Waals surface area contributed by atoms with Crippen molar-refractivity contribution in [2.75, 3.05) is 7.11 Å². The summed E-state index contributed by atoms with van der Waals surface area (Å²) in [6, 6.07) is 7.76. The lowest BCUT2D eigenvalue weighted by Crippen LogP contribution is -2.33. The van der Waals surface area contributed by atoms with Gasteiger partial charge in [-0.05, 0) is 45.0 Å². The Bertz CT molecular complexity index is 714. The Morgan fingerprint density at radius 2 is 1.91 bits per heavy atom. The van der Waals surface area contributed by atoms with Crippen molar-refractivity contribution < 1.29 is 14.3 Å². The van der Waals surface area contributed by atoms with Crippen molar-refractivity contribution in [1.82, 2.24) is 15.1 Å². The predicted octanol–water partition coefficient (Wildman–Crippen LogP) is 3.34. The van der Waals surface area contributed by atoms with Crippen molar-refractivity contribution in [3.05, 3.63) is 35.5 Å². The Hall–Kier alpha value is -2.50. The number of hydrogen-bond acceptors (Lipinski definition) is 4. The first-order chi connectivity index (χ1) is 10.9. The molecule has 1 amide bonds. The summed E-state index contributed by atoms with van der Waals surface area (Å²) >= 11 is 0. The smallest absolute Gasteiger partial charge is 0.410 e. The van der Waals surface area contributed by atoms with Crippen LogP contribution in [0, 0.1) is 0 Å². The van der Waals surface area contributed by atoms with Gasteiger partial charge in [0.1, 0.15) is 11.4 Å². The Kier molecular flexibility index (Phi) is 3.75. The van der Waals surface area contributed by atoms with Gasteiger partial charge in [0.05, 0.1) is 31.6 Å². The molecule has 122 valence electrons. The minimum absolute atomic E-state index is 0.309. The lowest BCUT2D eigenvalue weighted by Gasteiger charge is -2.24. The summed E-state index contributed by atoms with van der Waals surface area (Å²) in [6.45, 7) is 6.56. The third-order valence-electron chi connectivity index (χ3n) is 3.67. The van der Waals surface area contributed by atoms with Crippen LogP contribution in [0.5, 0.6) is 5.75 Å². The second kappa shape index (κ2) is 5.61. The van der Waals surface area contributed by atoms with E-state index >= 15 is 0 Å². The van der Waals surface area contributed by atoms with Gasteiger partial charge in [0.25, 0.3) is 0 Å². The van der Waals surface area contributed by atoms with E-state index < -0.39 is 5.60 Å². The SMILES string of the molecule is COc1ccc(-c2[nH]nc3c2CN(C(=O)OC(C)(C)C)C3)cc1. The number of carbonyl (C=O) groups excluding carboxylic acids is 1. The number of ether oxygens (including phenoxy) is 2. The number of nitrogens with one attached hydrogen (secondary N) is 1. The zero-order valence-electron chi connectivity index (χ0n) is 13.8. The van der Waals surface area contributed by atoms with E-state index in [-0.39, 0.29) is 6.09 Å². The molecule has 1 N–H and O–H groups in total. The monoisotopic (exact) mass is 315 g/mol. The van der Waals surface area contributed by atoms with Crippen molar-refractivity contribution in [1.29, 1.82) is 0 Å². The average Bonchev–Trinajstić information content (AvgIpc) is 3.05. The summed E-state index contributed by atoms with van der Waals surface area (Å²) in [6.07, 6.45) is -0.309. The van der Waals surface area contributed by atoms with Crippen LogP contribution < -0.4 is 4.74 Å². The molecule has 2 aromatic rings. The van der Waals surface area contributed by atoms with Crippen molar-refractivity contribution >= 4 is 6.09 Å². The molecular formula is C17H21N3O3. The topological polar surface area (TPSA) is 67.5 Å². The summed E-state index contributed by atoms with van der Waals surface area (Å²) in [4.78, 5) is 13.9. The third kappa shape index (κ3) is 3.16. The molecule has 0 saturated heterocycles. The number of nitrogens with zero attached hydrogens (tertiary/aromatic N) is 2. The predicted molar refractivity (Wildman–Crippen MR) is 86.1 cm³/mol. The van der Waals surface area contributed by atoms with Crippen molar-refractivity contribution in [3.63, 3.8) is 0 Å². The maximum atomic E-state index is 12.2. The number of methoxy groups -OCH3 is 1. The average molecular weight is 315 g/mol. The molecule has 1 aliphatic heterocycles. The minimum Gasteiger partial charge on any atom is -0.497 e. The molecule has 6 heteroatoms. The molecule has 1 aliphatic rings. The molecule has 6 nitrogen and oxygen atoms in total. The number of hydrogen-bond donors (Lipinski definition) is 1. The first-order valence-electron chi connectivity index (χ1n) is 7.56. The molecule has 0 spiro atoms. The lowest BCUT2D eigenvalue weighted by atomic mass is 10.1. The highest BCUT2D eigenvalue weighted by atomic mass is 16.6. The van der Waals surface area contributed by atoms with E-state index in [2.05, 4.69) is 10.2 Å². The lowest BCUT2D eigenvalue weighted by molar-refractivity contribution is 0.0240. The molecule has 0 fully saturated rings. The van der Waals surface area contributed by atoms with Gasteiger partial charge in [-0.1, -0.05) is 0 Å². The second-order valence-corrected chi connectivity index (χ2v) is 6.59. The Morgan fingerprint density at radius 3 is 2.52 bits per heavy atom. The van der Waals surface area contributed by atoms with Gasteiger partial charge in [0.2, 0.25) is 0 Å². The highest BCUT2D eigenvalue weighted by Gasteiger charge is 2.31. The van der Waals surface area contributed by atoms with Crippen LogP contribution in [-0.2, 0) is 17.8 Å². The van der Waals surface area contributed by atoms with Crippen LogP contribution in [0.1, 0.15) is 32.0 Å². The highest BCUT2D eigenvalue weighted by molar-refractivity contribution is 5.72. The maximum Gasteiger partial charge on any atom is 0.410 e. The van der Waals surface area contributed by atoms with Gasteiger partial charge >= 0.3 is 6.09 Å². The molecule has 0 radical (unpaired) electrons. The van der Waals surface area contributed by atoms with Gasteiger partial charge in [-0.2, -0.15) is 5.10 Å². The fraction of sp³-hybridized carbons (Fsp3) is 0.412. The minimum atomic E-state index is -0.498. The van der Waals surface area contributed by atoms with Crippen molar-refractivity contribution in [3.8, 4) is 17.0 Å². The number of aromatic nitrogens is 2. The van der Waals surface area contributed by atoms with Crippen LogP contribution in [0.15, 0.2) is 24.3 Å². The van der Waals surface area contributed by atoms with Gasteiger partial charge in [0.15, 0.2) is 0 Å². The molecule has 0 saturated carbocycles. The standard InChI is InChI=1S/C17H21N3O3/c1-17(2,3)23-16(21)20-9-13-14(10-20)18-19-15(13)11-5-7-12(22-4)8-6-11/h5-8H,9-10H2,1-4H3,(H,18,19). The van der Waals surface area contributed by atoms with Crippen LogP contribution in [0.4, 0.5) is 4.79 Å². The molecule has 0 unspecified atom stereocenters. The molecule has 2 heterocycles. The summed E-state index contributed by atoms with van der Waals surface area (Å²) in [5, 5.41) is 7.41. The van der Waals surface area contributed by atoms with E-state index in [1.165, 1.54) is 0 Å². The van der Waals surface area contributed by atoms with E-state index in [0.29, 0.717) is 13.1 Å². The van der Waals surface area contributed by atoms with E-state index in [0.717, 1.165) is 28.3 Å². The molecule has 0 aliphatic carbocycles. The summed E-state index contributed by atoms with van der Waals surface area (Å²) in [5.41, 5.74) is 3.39. The Labute approximate surface area is 135 Å². The number of amides is 1. The summed E-state index contributed by atoms with van der Waals surface area (Å²) < 4.78 is 10.6. The molecule has 0 atom stereocenters. The van der Waals surface area contributed by atoms with Crippen LogP contribution in [0.3, 0.4) is 0 Å².